The Morgan fingerprint density at radius 3 is 2.62 bits per heavy atom. The molecule has 154 valence electrons. The van der Waals surface area contributed by atoms with E-state index in [0.29, 0.717) is 13.0 Å². The molecule has 29 heavy (non-hydrogen) atoms. The van der Waals surface area contributed by atoms with E-state index < -0.39 is 0 Å². The van der Waals surface area contributed by atoms with Crippen LogP contribution in [0.1, 0.15) is 36.0 Å². The van der Waals surface area contributed by atoms with Crippen LogP contribution >= 0.6 is 0 Å². The Bertz CT molecular complexity index is 887. The van der Waals surface area contributed by atoms with Crippen molar-refractivity contribution in [2.75, 3.05) is 32.6 Å². The zero-order valence-corrected chi connectivity index (χ0v) is 17.7. The van der Waals surface area contributed by atoms with Crippen molar-refractivity contribution in [3.63, 3.8) is 0 Å². The number of hydrogen-bond acceptors (Lipinski definition) is 4. The molecule has 5 heteroatoms. The normalized spacial score (nSPS) is 19.3. The number of rotatable bonds is 3. The van der Waals surface area contributed by atoms with Crippen molar-refractivity contribution in [3.05, 3.63) is 59.2 Å². The van der Waals surface area contributed by atoms with Gasteiger partial charge in [0.1, 0.15) is 5.75 Å². The number of methoxy groups -OCH3 is 1. The molecule has 1 amide bonds. The van der Waals surface area contributed by atoms with Gasteiger partial charge >= 0.3 is 0 Å². The lowest BCUT2D eigenvalue weighted by Gasteiger charge is -2.45. The first kappa shape index (κ1) is 19.8. The van der Waals surface area contributed by atoms with Crippen LogP contribution in [0.25, 0.3) is 0 Å². The molecule has 1 spiro atoms. The smallest absolute Gasteiger partial charge is 0.224 e. The number of carbonyl (C=O) groups excluding carboxylic acids is 1. The SMILES string of the molecule is COc1ccc(CN2CCC3(CC2)CC(=O)N(C)Cc2ccccc2N3)c(C)c1. The number of fused-ring (bicyclic) bond motifs is 1. The zero-order chi connectivity index (χ0) is 20.4. The highest BCUT2D eigenvalue weighted by Crippen LogP contribution is 2.35. The third kappa shape index (κ3) is 4.25. The molecule has 1 saturated heterocycles. The molecule has 4 rings (SSSR count). The van der Waals surface area contributed by atoms with Crippen molar-refractivity contribution in [1.82, 2.24) is 9.80 Å². The number of amides is 1. The molecule has 2 aliphatic rings. The molecule has 1 fully saturated rings. The average Bonchev–Trinajstić information content (AvgIpc) is 2.71. The van der Waals surface area contributed by atoms with Crippen LogP contribution in [-0.2, 0) is 17.9 Å². The van der Waals surface area contributed by atoms with Crippen molar-refractivity contribution in [2.24, 2.45) is 0 Å². The molecule has 1 N–H and O–H groups in total. The first-order valence-corrected chi connectivity index (χ1v) is 10.4. The van der Waals surface area contributed by atoms with Gasteiger partial charge in [0.25, 0.3) is 0 Å². The van der Waals surface area contributed by atoms with Crippen LogP contribution < -0.4 is 10.1 Å². The second-order valence-electron chi connectivity index (χ2n) is 8.56. The summed E-state index contributed by atoms with van der Waals surface area (Å²) in [5, 5.41) is 3.79. The minimum absolute atomic E-state index is 0.159. The number of anilines is 1. The summed E-state index contributed by atoms with van der Waals surface area (Å²) >= 11 is 0. The quantitative estimate of drug-likeness (QED) is 0.861. The largest absolute Gasteiger partial charge is 0.497 e. The second-order valence-corrected chi connectivity index (χ2v) is 8.56. The fourth-order valence-corrected chi connectivity index (χ4v) is 4.53. The Balaban J connectivity index is 1.48. The minimum atomic E-state index is -0.159. The number of para-hydroxylation sites is 1. The van der Waals surface area contributed by atoms with E-state index in [2.05, 4.69) is 47.5 Å². The number of nitrogens with one attached hydrogen (secondary N) is 1. The van der Waals surface area contributed by atoms with E-state index in [9.17, 15) is 4.79 Å². The Morgan fingerprint density at radius 1 is 1.14 bits per heavy atom. The summed E-state index contributed by atoms with van der Waals surface area (Å²) in [5.41, 5.74) is 4.81. The summed E-state index contributed by atoms with van der Waals surface area (Å²) in [6.45, 7) is 5.72. The second kappa shape index (κ2) is 8.07. The van der Waals surface area contributed by atoms with E-state index in [-0.39, 0.29) is 11.4 Å². The highest BCUT2D eigenvalue weighted by Gasteiger charge is 2.39. The molecule has 0 aromatic heterocycles. The monoisotopic (exact) mass is 393 g/mol. The number of carbonyl (C=O) groups is 1. The predicted octanol–water partition coefficient (Wildman–Crippen LogP) is 3.81. The number of benzene rings is 2. The number of ether oxygens (including phenoxy) is 1. The Morgan fingerprint density at radius 2 is 1.90 bits per heavy atom. The van der Waals surface area contributed by atoms with Crippen molar-refractivity contribution in [2.45, 2.75) is 44.8 Å². The number of piperidine rings is 1. The maximum Gasteiger partial charge on any atom is 0.224 e. The van der Waals surface area contributed by atoms with Gasteiger partial charge in [-0.1, -0.05) is 24.3 Å². The maximum absolute atomic E-state index is 12.8. The lowest BCUT2D eigenvalue weighted by molar-refractivity contribution is -0.132. The number of nitrogens with zero attached hydrogens (tertiary/aromatic N) is 2. The van der Waals surface area contributed by atoms with Gasteiger partial charge in [0, 0.05) is 50.9 Å². The van der Waals surface area contributed by atoms with Gasteiger partial charge in [-0.2, -0.15) is 0 Å². The highest BCUT2D eigenvalue weighted by molar-refractivity contribution is 5.79. The molecule has 0 saturated carbocycles. The summed E-state index contributed by atoms with van der Waals surface area (Å²) in [5.74, 6) is 1.13. The molecule has 2 aliphatic heterocycles. The van der Waals surface area contributed by atoms with Crippen LogP contribution in [0.15, 0.2) is 42.5 Å². The average molecular weight is 394 g/mol. The Kier molecular flexibility index (Phi) is 5.50. The van der Waals surface area contributed by atoms with Crippen molar-refractivity contribution < 1.29 is 9.53 Å². The molecule has 0 aliphatic carbocycles. The van der Waals surface area contributed by atoms with Gasteiger partial charge in [0.05, 0.1) is 7.11 Å². The third-order valence-corrected chi connectivity index (χ3v) is 6.50. The van der Waals surface area contributed by atoms with Gasteiger partial charge in [0.15, 0.2) is 0 Å². The van der Waals surface area contributed by atoms with Crippen LogP contribution in [0, 0.1) is 6.92 Å². The van der Waals surface area contributed by atoms with Crippen LogP contribution in [0.4, 0.5) is 5.69 Å². The molecular formula is C24H31N3O2. The van der Waals surface area contributed by atoms with E-state index in [4.69, 9.17) is 4.74 Å². The number of likely N-dealkylation sites (tertiary alicyclic amines) is 1. The van der Waals surface area contributed by atoms with Crippen molar-refractivity contribution in [1.29, 1.82) is 0 Å². The molecule has 5 nitrogen and oxygen atoms in total. The first-order valence-electron chi connectivity index (χ1n) is 10.4. The van der Waals surface area contributed by atoms with E-state index in [1.165, 1.54) is 22.4 Å². The predicted molar refractivity (Wildman–Crippen MR) is 116 cm³/mol. The summed E-state index contributed by atoms with van der Waals surface area (Å²) in [7, 11) is 3.62. The lowest BCUT2D eigenvalue weighted by Crippen LogP contribution is -2.52. The van der Waals surface area contributed by atoms with Gasteiger partial charge in [-0.3, -0.25) is 9.69 Å². The molecule has 2 aromatic carbocycles. The third-order valence-electron chi connectivity index (χ3n) is 6.50. The summed E-state index contributed by atoms with van der Waals surface area (Å²) in [6.07, 6.45) is 2.50. The summed E-state index contributed by atoms with van der Waals surface area (Å²) in [4.78, 5) is 17.2. The fraction of sp³-hybridized carbons (Fsp3) is 0.458. The van der Waals surface area contributed by atoms with E-state index >= 15 is 0 Å². The van der Waals surface area contributed by atoms with Gasteiger partial charge in [0.2, 0.25) is 5.91 Å². The number of hydrogen-bond donors (Lipinski definition) is 1. The number of aryl methyl sites for hydroxylation is 1. The molecule has 0 unspecified atom stereocenters. The van der Waals surface area contributed by atoms with Crippen molar-refractivity contribution in [3.8, 4) is 5.75 Å². The maximum atomic E-state index is 12.8. The molecule has 2 heterocycles. The molecule has 0 bridgehead atoms. The van der Waals surface area contributed by atoms with Gasteiger partial charge in [-0.15, -0.1) is 0 Å². The van der Waals surface area contributed by atoms with Gasteiger partial charge < -0.3 is 15.0 Å². The van der Waals surface area contributed by atoms with Crippen LogP contribution in [0.3, 0.4) is 0 Å². The molecular weight excluding hydrogens is 362 g/mol. The summed E-state index contributed by atoms with van der Waals surface area (Å²) in [6, 6.07) is 14.7. The fourth-order valence-electron chi connectivity index (χ4n) is 4.53. The van der Waals surface area contributed by atoms with Crippen molar-refractivity contribution >= 4 is 11.6 Å². The Labute approximate surface area is 173 Å². The summed E-state index contributed by atoms with van der Waals surface area (Å²) < 4.78 is 5.33. The van der Waals surface area contributed by atoms with Gasteiger partial charge in [-0.05, 0) is 54.7 Å². The Hall–Kier alpha value is -2.53. The zero-order valence-electron chi connectivity index (χ0n) is 17.7. The molecule has 0 radical (unpaired) electrons. The molecule has 0 atom stereocenters. The van der Waals surface area contributed by atoms with Crippen LogP contribution in [-0.4, -0.2) is 48.5 Å². The molecule has 2 aromatic rings. The first-order chi connectivity index (χ1) is 14.0. The van der Waals surface area contributed by atoms with E-state index in [0.717, 1.165) is 38.2 Å². The standard InChI is InChI=1S/C24H31N3O2/c1-18-14-21(29-3)9-8-19(18)17-27-12-10-24(11-13-27)15-23(28)26(2)16-20-6-4-5-7-22(20)25-24/h4-9,14,25H,10-13,15-17H2,1-3H3. The van der Waals surface area contributed by atoms with E-state index in [1.807, 2.05) is 24.1 Å². The topological polar surface area (TPSA) is 44.8 Å². The van der Waals surface area contributed by atoms with Crippen LogP contribution in [0.2, 0.25) is 0 Å². The van der Waals surface area contributed by atoms with Crippen LogP contribution in [0.5, 0.6) is 5.75 Å². The van der Waals surface area contributed by atoms with E-state index in [1.54, 1.807) is 7.11 Å². The lowest BCUT2D eigenvalue weighted by atomic mass is 9.82. The minimum Gasteiger partial charge on any atom is -0.497 e. The van der Waals surface area contributed by atoms with Gasteiger partial charge in [-0.25, -0.2) is 0 Å². The highest BCUT2D eigenvalue weighted by atomic mass is 16.5.